The number of rotatable bonds is 0. The van der Waals surface area contributed by atoms with Gasteiger partial charge in [0, 0.05) is 8.65 Å². The number of methoxy groups -OCH3 is 1. The zero-order valence-electron chi connectivity index (χ0n) is 9.92. The molecule has 3 fully saturated rings. The summed E-state index contributed by atoms with van der Waals surface area (Å²) in [5, 5.41) is 0. The summed E-state index contributed by atoms with van der Waals surface area (Å²) in [6.45, 7) is 0. The first-order valence-electron chi connectivity index (χ1n) is 6.25. The van der Waals surface area contributed by atoms with Gasteiger partial charge in [-0.25, -0.2) is 4.79 Å². The van der Waals surface area contributed by atoms with Crippen LogP contribution in [0.3, 0.4) is 0 Å². The van der Waals surface area contributed by atoms with Crippen molar-refractivity contribution >= 4 is 38.0 Å². The highest BCUT2D eigenvalue weighted by Gasteiger charge is 2.66. The number of likely N-dealkylation sites (tertiary alicyclic amines) is 1. The quantitative estimate of drug-likeness (QED) is 0.485. The van der Waals surface area contributed by atoms with E-state index in [1.807, 2.05) is 4.90 Å². The van der Waals surface area contributed by atoms with Gasteiger partial charge in [0.2, 0.25) is 0 Å². The van der Waals surface area contributed by atoms with Crippen LogP contribution in [0.5, 0.6) is 0 Å². The van der Waals surface area contributed by atoms with Crippen LogP contribution in [0.2, 0.25) is 0 Å². The topological polar surface area (TPSA) is 29.3 Å². The van der Waals surface area contributed by atoms with Crippen LogP contribution in [0.1, 0.15) is 38.5 Å². The monoisotopic (exact) mass is 365 g/mol. The second kappa shape index (κ2) is 3.86. The standard InChI is InChI=1S/C12H17Br2NO2/c1-17-10(16)15-8-6-11(13)4-2-3-5-12(11,14)7-9(8)15/h8-9H,2-7H2,1H3. The predicted molar refractivity (Wildman–Crippen MR) is 72.8 cm³/mol. The first-order chi connectivity index (χ1) is 8.01. The number of alkyl halides is 2. The van der Waals surface area contributed by atoms with E-state index in [0.717, 1.165) is 12.8 Å². The molecular formula is C12H17Br2NO2. The smallest absolute Gasteiger partial charge is 0.410 e. The van der Waals surface area contributed by atoms with Gasteiger partial charge in [0.25, 0.3) is 0 Å². The summed E-state index contributed by atoms with van der Waals surface area (Å²) in [6.07, 6.45) is 6.93. The van der Waals surface area contributed by atoms with Crippen molar-refractivity contribution in [3.63, 3.8) is 0 Å². The second-order valence-corrected chi connectivity index (χ2v) is 8.59. The molecule has 1 saturated heterocycles. The molecule has 2 saturated carbocycles. The van der Waals surface area contributed by atoms with Crippen LogP contribution in [0, 0.1) is 0 Å². The molecule has 0 radical (unpaired) electrons. The second-order valence-electron chi connectivity index (χ2n) is 5.56. The number of carbonyl (C=O) groups excluding carboxylic acids is 1. The lowest BCUT2D eigenvalue weighted by molar-refractivity contribution is 0.150. The maximum Gasteiger partial charge on any atom is 0.410 e. The molecular weight excluding hydrogens is 350 g/mol. The van der Waals surface area contributed by atoms with E-state index >= 15 is 0 Å². The van der Waals surface area contributed by atoms with Gasteiger partial charge in [-0.1, -0.05) is 44.7 Å². The third kappa shape index (κ3) is 1.68. The van der Waals surface area contributed by atoms with Gasteiger partial charge in [0.05, 0.1) is 19.2 Å². The molecule has 2 aliphatic carbocycles. The van der Waals surface area contributed by atoms with Crippen molar-refractivity contribution in [2.45, 2.75) is 59.3 Å². The van der Waals surface area contributed by atoms with Gasteiger partial charge in [-0.05, 0) is 25.7 Å². The summed E-state index contributed by atoms with van der Waals surface area (Å²) in [6, 6.07) is 0.788. The molecule has 0 bridgehead atoms. The minimum Gasteiger partial charge on any atom is -0.453 e. The molecule has 0 aromatic carbocycles. The number of hydrogen-bond donors (Lipinski definition) is 0. The number of carbonyl (C=O) groups is 1. The molecule has 5 heteroatoms. The molecule has 4 atom stereocenters. The largest absolute Gasteiger partial charge is 0.453 e. The summed E-state index contributed by atoms with van der Waals surface area (Å²) in [5.41, 5.74) is 0. The number of halogens is 2. The Hall–Kier alpha value is 0.230. The van der Waals surface area contributed by atoms with E-state index in [2.05, 4.69) is 31.9 Å². The van der Waals surface area contributed by atoms with Crippen molar-refractivity contribution in [3.05, 3.63) is 0 Å². The van der Waals surface area contributed by atoms with E-state index in [1.54, 1.807) is 0 Å². The lowest BCUT2D eigenvalue weighted by atomic mass is 9.70. The minimum absolute atomic E-state index is 0.161. The Labute approximate surface area is 119 Å². The Morgan fingerprint density at radius 1 is 1.18 bits per heavy atom. The number of fused-ring (bicyclic) bond motifs is 2. The highest BCUT2D eigenvalue weighted by Crippen LogP contribution is 2.62. The Balaban J connectivity index is 1.81. The minimum atomic E-state index is -0.161. The van der Waals surface area contributed by atoms with Gasteiger partial charge >= 0.3 is 6.09 Å². The van der Waals surface area contributed by atoms with Crippen LogP contribution in [-0.2, 0) is 4.74 Å². The molecule has 4 unspecified atom stereocenters. The van der Waals surface area contributed by atoms with E-state index in [0.29, 0.717) is 12.1 Å². The average Bonchev–Trinajstić information content (AvgIpc) is 2.96. The third-order valence-electron chi connectivity index (χ3n) is 4.72. The Morgan fingerprint density at radius 3 is 2.06 bits per heavy atom. The summed E-state index contributed by atoms with van der Waals surface area (Å²) >= 11 is 7.94. The fraction of sp³-hybridized carbons (Fsp3) is 0.917. The van der Waals surface area contributed by atoms with Crippen molar-refractivity contribution in [2.24, 2.45) is 0 Å². The van der Waals surface area contributed by atoms with Crippen LogP contribution in [0.15, 0.2) is 0 Å². The Bertz CT molecular complexity index is 338. The highest BCUT2D eigenvalue weighted by molar-refractivity contribution is 9.13. The third-order valence-corrected chi connectivity index (χ3v) is 8.21. The van der Waals surface area contributed by atoms with Gasteiger partial charge in [0.1, 0.15) is 0 Å². The van der Waals surface area contributed by atoms with Crippen molar-refractivity contribution in [2.75, 3.05) is 7.11 Å². The first kappa shape index (κ1) is 12.3. The van der Waals surface area contributed by atoms with Crippen LogP contribution in [0.25, 0.3) is 0 Å². The Morgan fingerprint density at radius 2 is 1.65 bits per heavy atom. The fourth-order valence-electron chi connectivity index (χ4n) is 3.67. The average molecular weight is 367 g/mol. The van der Waals surface area contributed by atoms with Crippen LogP contribution < -0.4 is 0 Å². The lowest BCUT2D eigenvalue weighted by Crippen LogP contribution is -2.51. The van der Waals surface area contributed by atoms with E-state index < -0.39 is 0 Å². The molecule has 1 amide bonds. The van der Waals surface area contributed by atoms with Crippen molar-refractivity contribution in [3.8, 4) is 0 Å². The first-order valence-corrected chi connectivity index (χ1v) is 7.83. The summed E-state index contributed by atoms with van der Waals surface area (Å²) < 4.78 is 5.18. The van der Waals surface area contributed by atoms with E-state index in [-0.39, 0.29) is 14.7 Å². The van der Waals surface area contributed by atoms with E-state index in [1.165, 1.54) is 32.8 Å². The van der Waals surface area contributed by atoms with Crippen molar-refractivity contribution < 1.29 is 9.53 Å². The maximum atomic E-state index is 11.6. The molecule has 0 aromatic rings. The van der Waals surface area contributed by atoms with E-state index in [4.69, 9.17) is 4.74 Å². The Kier molecular flexibility index (Phi) is 2.79. The zero-order valence-corrected chi connectivity index (χ0v) is 13.1. The van der Waals surface area contributed by atoms with E-state index in [9.17, 15) is 4.79 Å². The predicted octanol–water partition coefficient (Wildman–Crippen LogP) is 3.44. The summed E-state index contributed by atoms with van der Waals surface area (Å²) in [4.78, 5) is 13.5. The normalized spacial score (nSPS) is 48.1. The van der Waals surface area contributed by atoms with Crippen LogP contribution in [0.4, 0.5) is 4.79 Å². The molecule has 17 heavy (non-hydrogen) atoms. The van der Waals surface area contributed by atoms with Gasteiger partial charge in [-0.3, -0.25) is 4.90 Å². The van der Waals surface area contributed by atoms with Gasteiger partial charge in [-0.2, -0.15) is 0 Å². The zero-order chi connectivity index (χ0) is 12.3. The maximum absolute atomic E-state index is 11.6. The highest BCUT2D eigenvalue weighted by atomic mass is 79.9. The van der Waals surface area contributed by atoms with Crippen molar-refractivity contribution in [1.82, 2.24) is 4.90 Å². The molecule has 1 heterocycles. The molecule has 3 rings (SSSR count). The number of hydrogen-bond acceptors (Lipinski definition) is 2. The summed E-state index contributed by atoms with van der Waals surface area (Å²) in [5.74, 6) is 0. The van der Waals surface area contributed by atoms with Gasteiger partial charge < -0.3 is 4.74 Å². The molecule has 0 aromatic heterocycles. The van der Waals surface area contributed by atoms with Crippen molar-refractivity contribution in [1.29, 1.82) is 0 Å². The van der Waals surface area contributed by atoms with Crippen LogP contribution in [-0.4, -0.2) is 38.8 Å². The number of amides is 1. The SMILES string of the molecule is COC(=O)N1C2CC3(Br)CCCCC3(Br)CC21. The molecule has 0 N–H and O–H groups in total. The molecule has 3 nitrogen and oxygen atoms in total. The lowest BCUT2D eigenvalue weighted by Gasteiger charge is -2.49. The van der Waals surface area contributed by atoms with Gasteiger partial charge in [-0.15, -0.1) is 0 Å². The summed E-state index contributed by atoms with van der Waals surface area (Å²) in [7, 11) is 1.47. The fourth-order valence-corrected chi connectivity index (χ4v) is 5.62. The number of ether oxygens (including phenoxy) is 1. The molecule has 0 spiro atoms. The number of nitrogens with zero attached hydrogens (tertiary/aromatic N) is 1. The van der Waals surface area contributed by atoms with Gasteiger partial charge in [0.15, 0.2) is 0 Å². The molecule has 1 aliphatic heterocycles. The molecule has 3 aliphatic rings. The molecule has 96 valence electrons. The van der Waals surface area contributed by atoms with Crippen LogP contribution >= 0.6 is 31.9 Å².